The molecule has 17 heavy (non-hydrogen) atoms. The van der Waals surface area contributed by atoms with Crippen LogP contribution in [0.15, 0.2) is 30.3 Å². The zero-order chi connectivity index (χ0) is 12.9. The number of rotatable bonds is 6. The third kappa shape index (κ3) is 4.49. The van der Waals surface area contributed by atoms with E-state index < -0.39 is 5.60 Å². The lowest BCUT2D eigenvalue weighted by Gasteiger charge is -2.28. The molecule has 1 aromatic carbocycles. The molecule has 0 aliphatic carbocycles. The van der Waals surface area contributed by atoms with E-state index in [4.69, 9.17) is 0 Å². The average Bonchev–Trinajstić information content (AvgIpc) is 2.29. The number of hydrogen-bond acceptors (Lipinski definition) is 2. The fourth-order valence-electron chi connectivity index (χ4n) is 1.65. The predicted octanol–water partition coefficient (Wildman–Crippen LogP) is 2.79. The van der Waals surface area contributed by atoms with Crippen molar-refractivity contribution in [2.24, 2.45) is 5.92 Å². The van der Waals surface area contributed by atoms with Crippen LogP contribution in [0.25, 0.3) is 0 Å². The smallest absolute Gasteiger partial charge is 0.0766 e. The highest BCUT2D eigenvalue weighted by atomic mass is 16.3. The zero-order valence-electron chi connectivity index (χ0n) is 11.4. The van der Waals surface area contributed by atoms with E-state index in [9.17, 15) is 5.11 Å². The largest absolute Gasteiger partial charge is 0.389 e. The Morgan fingerprint density at radius 2 is 1.76 bits per heavy atom. The van der Waals surface area contributed by atoms with E-state index in [1.807, 2.05) is 26.8 Å². The summed E-state index contributed by atoms with van der Waals surface area (Å²) >= 11 is 0. The molecule has 0 aromatic heterocycles. The third-order valence-electron chi connectivity index (χ3n) is 3.55. The lowest BCUT2D eigenvalue weighted by molar-refractivity contribution is 0.0142. The molecule has 0 saturated heterocycles. The maximum atomic E-state index is 10.1. The van der Waals surface area contributed by atoms with Gasteiger partial charge in [-0.15, -0.1) is 0 Å². The van der Waals surface area contributed by atoms with Crippen molar-refractivity contribution in [2.45, 2.75) is 39.2 Å². The molecule has 0 amide bonds. The topological polar surface area (TPSA) is 32.3 Å². The Hall–Kier alpha value is -0.860. The second kappa shape index (κ2) is 6.18. The first kappa shape index (κ1) is 14.2. The molecular weight excluding hydrogens is 210 g/mol. The van der Waals surface area contributed by atoms with Gasteiger partial charge in [-0.1, -0.05) is 51.1 Å². The lowest BCUT2D eigenvalue weighted by Crippen LogP contribution is -2.43. The zero-order valence-corrected chi connectivity index (χ0v) is 11.4. The standard InChI is InChI=1S/C15H25NO/c1-12(2)15(4,17)11-16-10-13(3)14-8-6-5-7-9-14/h5-9,12-13,16-17H,10-11H2,1-4H3. The number of benzene rings is 1. The van der Waals surface area contributed by atoms with Crippen molar-refractivity contribution in [3.63, 3.8) is 0 Å². The van der Waals surface area contributed by atoms with Crippen molar-refractivity contribution >= 4 is 0 Å². The van der Waals surface area contributed by atoms with Crippen molar-refractivity contribution in [3.8, 4) is 0 Å². The molecule has 2 N–H and O–H groups in total. The molecular formula is C15H25NO. The van der Waals surface area contributed by atoms with E-state index >= 15 is 0 Å². The highest BCUT2D eigenvalue weighted by molar-refractivity contribution is 5.18. The second-order valence-corrected chi connectivity index (χ2v) is 5.45. The average molecular weight is 235 g/mol. The van der Waals surface area contributed by atoms with Crippen molar-refractivity contribution in [1.29, 1.82) is 0 Å². The summed E-state index contributed by atoms with van der Waals surface area (Å²) in [6, 6.07) is 10.5. The van der Waals surface area contributed by atoms with Gasteiger partial charge >= 0.3 is 0 Å². The number of aliphatic hydroxyl groups is 1. The summed E-state index contributed by atoms with van der Waals surface area (Å²) in [7, 11) is 0. The van der Waals surface area contributed by atoms with Crippen LogP contribution in [-0.2, 0) is 0 Å². The molecule has 1 rings (SSSR count). The SMILES string of the molecule is CC(CNCC(C)(O)C(C)C)c1ccccc1. The first-order chi connectivity index (χ1) is 7.93. The molecule has 0 radical (unpaired) electrons. The number of hydrogen-bond donors (Lipinski definition) is 2. The molecule has 0 aliphatic heterocycles. The molecule has 0 aliphatic rings. The van der Waals surface area contributed by atoms with Gasteiger partial charge in [-0.25, -0.2) is 0 Å². The summed E-state index contributed by atoms with van der Waals surface area (Å²) in [5, 5.41) is 13.5. The van der Waals surface area contributed by atoms with Crippen LogP contribution in [0, 0.1) is 5.92 Å². The van der Waals surface area contributed by atoms with E-state index in [0.29, 0.717) is 12.5 Å². The summed E-state index contributed by atoms with van der Waals surface area (Å²) < 4.78 is 0. The molecule has 2 nitrogen and oxygen atoms in total. The van der Waals surface area contributed by atoms with Crippen molar-refractivity contribution in [2.75, 3.05) is 13.1 Å². The third-order valence-corrected chi connectivity index (χ3v) is 3.55. The van der Waals surface area contributed by atoms with Crippen LogP contribution >= 0.6 is 0 Å². The van der Waals surface area contributed by atoms with Gasteiger partial charge in [0.1, 0.15) is 0 Å². The first-order valence-corrected chi connectivity index (χ1v) is 6.41. The fraction of sp³-hybridized carbons (Fsp3) is 0.600. The van der Waals surface area contributed by atoms with E-state index in [0.717, 1.165) is 6.54 Å². The maximum absolute atomic E-state index is 10.1. The van der Waals surface area contributed by atoms with Gasteiger partial charge in [-0.3, -0.25) is 0 Å². The Labute approximate surface area is 105 Å². The molecule has 1 aromatic rings. The van der Waals surface area contributed by atoms with Gasteiger partial charge in [0.15, 0.2) is 0 Å². The summed E-state index contributed by atoms with van der Waals surface area (Å²) in [5.41, 5.74) is 0.709. The Morgan fingerprint density at radius 3 is 2.29 bits per heavy atom. The minimum absolute atomic E-state index is 0.266. The Bertz CT molecular complexity index is 319. The highest BCUT2D eigenvalue weighted by Gasteiger charge is 2.24. The molecule has 0 fully saturated rings. The van der Waals surface area contributed by atoms with Gasteiger partial charge in [-0.05, 0) is 24.3 Å². The van der Waals surface area contributed by atoms with Crippen LogP contribution in [0.3, 0.4) is 0 Å². The molecule has 0 spiro atoms. The van der Waals surface area contributed by atoms with Crippen molar-refractivity contribution in [1.82, 2.24) is 5.32 Å². The molecule has 0 heterocycles. The Morgan fingerprint density at radius 1 is 1.18 bits per heavy atom. The van der Waals surface area contributed by atoms with Crippen molar-refractivity contribution in [3.05, 3.63) is 35.9 Å². The van der Waals surface area contributed by atoms with E-state index in [1.54, 1.807) is 0 Å². The molecule has 2 heteroatoms. The quantitative estimate of drug-likeness (QED) is 0.794. The Balaban J connectivity index is 2.37. The lowest BCUT2D eigenvalue weighted by atomic mass is 9.92. The molecule has 2 atom stereocenters. The van der Waals surface area contributed by atoms with Crippen LogP contribution < -0.4 is 5.32 Å². The van der Waals surface area contributed by atoms with Gasteiger partial charge in [0.25, 0.3) is 0 Å². The van der Waals surface area contributed by atoms with E-state index in [1.165, 1.54) is 5.56 Å². The van der Waals surface area contributed by atoms with Crippen LogP contribution in [0.1, 0.15) is 39.2 Å². The Kier molecular flexibility index (Phi) is 5.16. The van der Waals surface area contributed by atoms with Crippen LogP contribution in [0.4, 0.5) is 0 Å². The second-order valence-electron chi connectivity index (χ2n) is 5.45. The van der Waals surface area contributed by atoms with Gasteiger partial charge in [-0.2, -0.15) is 0 Å². The van der Waals surface area contributed by atoms with Crippen LogP contribution in [-0.4, -0.2) is 23.8 Å². The minimum atomic E-state index is -0.629. The van der Waals surface area contributed by atoms with Gasteiger partial charge in [0.2, 0.25) is 0 Å². The highest BCUT2D eigenvalue weighted by Crippen LogP contribution is 2.16. The molecule has 2 unspecified atom stereocenters. The van der Waals surface area contributed by atoms with Crippen molar-refractivity contribution < 1.29 is 5.11 Å². The minimum Gasteiger partial charge on any atom is -0.389 e. The maximum Gasteiger partial charge on any atom is 0.0766 e. The van der Waals surface area contributed by atoms with Crippen LogP contribution in [0.2, 0.25) is 0 Å². The molecule has 0 saturated carbocycles. The van der Waals surface area contributed by atoms with Gasteiger partial charge < -0.3 is 10.4 Å². The van der Waals surface area contributed by atoms with Crippen LogP contribution in [0.5, 0.6) is 0 Å². The molecule has 0 bridgehead atoms. The predicted molar refractivity (Wildman–Crippen MR) is 73.2 cm³/mol. The first-order valence-electron chi connectivity index (χ1n) is 6.41. The molecule has 96 valence electrons. The normalized spacial score (nSPS) is 16.8. The fourth-order valence-corrected chi connectivity index (χ4v) is 1.65. The monoisotopic (exact) mass is 235 g/mol. The summed E-state index contributed by atoms with van der Waals surface area (Å²) in [4.78, 5) is 0. The summed E-state index contributed by atoms with van der Waals surface area (Å²) in [5.74, 6) is 0.737. The van der Waals surface area contributed by atoms with Gasteiger partial charge in [0, 0.05) is 13.1 Å². The van der Waals surface area contributed by atoms with E-state index in [-0.39, 0.29) is 5.92 Å². The summed E-state index contributed by atoms with van der Waals surface area (Å²) in [6.45, 7) is 9.71. The number of nitrogens with one attached hydrogen (secondary N) is 1. The van der Waals surface area contributed by atoms with E-state index in [2.05, 4.69) is 36.5 Å². The van der Waals surface area contributed by atoms with Gasteiger partial charge in [0.05, 0.1) is 5.60 Å². The summed E-state index contributed by atoms with van der Waals surface area (Å²) in [6.07, 6.45) is 0.